The fourth-order valence-corrected chi connectivity index (χ4v) is 1.25. The second kappa shape index (κ2) is 7.10. The summed E-state index contributed by atoms with van der Waals surface area (Å²) in [6.45, 7) is 2.78. The molecule has 2 N–H and O–H groups in total. The van der Waals surface area contributed by atoms with Crippen LogP contribution in [0.2, 0.25) is 0 Å². The van der Waals surface area contributed by atoms with E-state index in [1.807, 2.05) is 0 Å². The summed E-state index contributed by atoms with van der Waals surface area (Å²) in [6.07, 6.45) is 3.70. The van der Waals surface area contributed by atoms with Gasteiger partial charge in [-0.3, -0.25) is 4.79 Å². The molecule has 0 heterocycles. The Kier molecular flexibility index (Phi) is 6.76. The Morgan fingerprint density at radius 2 is 2.17 bits per heavy atom. The summed E-state index contributed by atoms with van der Waals surface area (Å²) in [5, 5.41) is 0. The van der Waals surface area contributed by atoms with Gasteiger partial charge in [-0.15, -0.1) is 0 Å². The Bertz CT molecular complexity index is 126. The van der Waals surface area contributed by atoms with Crippen molar-refractivity contribution >= 4 is 5.91 Å². The third kappa shape index (κ3) is 5.13. The van der Waals surface area contributed by atoms with E-state index in [-0.39, 0.29) is 11.8 Å². The topological polar surface area (TPSA) is 52.3 Å². The third-order valence-electron chi connectivity index (χ3n) is 1.94. The number of primary amides is 1. The van der Waals surface area contributed by atoms with E-state index in [1.165, 1.54) is 0 Å². The van der Waals surface area contributed by atoms with Crippen molar-refractivity contribution in [2.45, 2.75) is 32.6 Å². The number of methoxy groups -OCH3 is 1. The van der Waals surface area contributed by atoms with Gasteiger partial charge in [-0.2, -0.15) is 0 Å². The van der Waals surface area contributed by atoms with Gasteiger partial charge in [0.05, 0.1) is 0 Å². The van der Waals surface area contributed by atoms with Crippen molar-refractivity contribution < 1.29 is 9.53 Å². The van der Waals surface area contributed by atoms with Crippen LogP contribution in [0.5, 0.6) is 0 Å². The number of nitrogens with two attached hydrogens (primary N) is 1. The van der Waals surface area contributed by atoms with Crippen LogP contribution in [0.3, 0.4) is 0 Å². The first-order chi connectivity index (χ1) is 5.72. The van der Waals surface area contributed by atoms with Crippen molar-refractivity contribution in [2.75, 3.05) is 13.7 Å². The highest BCUT2D eigenvalue weighted by molar-refractivity contribution is 5.76. The first-order valence-electron chi connectivity index (χ1n) is 4.50. The Balaban J connectivity index is 3.56. The van der Waals surface area contributed by atoms with Crippen LogP contribution in [0.15, 0.2) is 0 Å². The minimum atomic E-state index is -0.173. The molecule has 0 spiro atoms. The highest BCUT2D eigenvalue weighted by Crippen LogP contribution is 2.12. The molecule has 0 rings (SSSR count). The van der Waals surface area contributed by atoms with Crippen molar-refractivity contribution in [1.82, 2.24) is 0 Å². The number of amides is 1. The van der Waals surface area contributed by atoms with Gasteiger partial charge < -0.3 is 10.5 Å². The maximum absolute atomic E-state index is 10.9. The average Bonchev–Trinajstić information content (AvgIpc) is 2.03. The molecule has 0 radical (unpaired) electrons. The lowest BCUT2D eigenvalue weighted by Gasteiger charge is -2.10. The summed E-state index contributed by atoms with van der Waals surface area (Å²) in [4.78, 5) is 10.9. The minimum Gasteiger partial charge on any atom is -0.385 e. The molecule has 0 saturated heterocycles. The van der Waals surface area contributed by atoms with Crippen LogP contribution in [0, 0.1) is 5.92 Å². The number of carbonyl (C=O) groups excluding carboxylic acids is 1. The predicted molar refractivity (Wildman–Crippen MR) is 48.7 cm³/mol. The highest BCUT2D eigenvalue weighted by atomic mass is 16.5. The van der Waals surface area contributed by atoms with Gasteiger partial charge in [-0.1, -0.05) is 13.3 Å². The number of hydrogen-bond acceptors (Lipinski definition) is 2. The molecule has 0 aromatic heterocycles. The average molecular weight is 173 g/mol. The van der Waals surface area contributed by atoms with E-state index in [4.69, 9.17) is 10.5 Å². The van der Waals surface area contributed by atoms with Crippen LogP contribution in [0.25, 0.3) is 0 Å². The van der Waals surface area contributed by atoms with Crippen LogP contribution in [0.1, 0.15) is 32.6 Å². The Hall–Kier alpha value is -0.570. The van der Waals surface area contributed by atoms with Gasteiger partial charge in [0.25, 0.3) is 0 Å². The highest BCUT2D eigenvalue weighted by Gasteiger charge is 2.12. The lowest BCUT2D eigenvalue weighted by molar-refractivity contribution is -0.122. The van der Waals surface area contributed by atoms with Gasteiger partial charge in [0, 0.05) is 19.6 Å². The molecule has 0 aliphatic rings. The molecule has 0 fully saturated rings. The maximum atomic E-state index is 10.9. The summed E-state index contributed by atoms with van der Waals surface area (Å²) in [6, 6.07) is 0. The molecule has 0 aliphatic carbocycles. The molecule has 0 aromatic carbocycles. The van der Waals surface area contributed by atoms with Crippen molar-refractivity contribution in [3.8, 4) is 0 Å². The van der Waals surface area contributed by atoms with Gasteiger partial charge in [0.2, 0.25) is 5.91 Å². The number of rotatable bonds is 7. The van der Waals surface area contributed by atoms with E-state index in [1.54, 1.807) is 7.11 Å². The number of ether oxygens (including phenoxy) is 1. The summed E-state index contributed by atoms with van der Waals surface area (Å²) < 4.78 is 4.90. The van der Waals surface area contributed by atoms with Gasteiger partial charge in [-0.25, -0.2) is 0 Å². The van der Waals surface area contributed by atoms with Gasteiger partial charge in [-0.05, 0) is 19.3 Å². The first-order valence-corrected chi connectivity index (χ1v) is 4.50. The second-order valence-corrected chi connectivity index (χ2v) is 3.02. The zero-order chi connectivity index (χ0) is 9.40. The summed E-state index contributed by atoms with van der Waals surface area (Å²) in [5.41, 5.74) is 5.23. The maximum Gasteiger partial charge on any atom is 0.220 e. The van der Waals surface area contributed by atoms with Gasteiger partial charge in [0.15, 0.2) is 0 Å². The van der Waals surface area contributed by atoms with Crippen LogP contribution in [0.4, 0.5) is 0 Å². The lowest BCUT2D eigenvalue weighted by Crippen LogP contribution is -2.23. The number of hydrogen-bond donors (Lipinski definition) is 1. The Morgan fingerprint density at radius 3 is 2.58 bits per heavy atom. The van der Waals surface area contributed by atoms with E-state index in [2.05, 4.69) is 6.92 Å². The largest absolute Gasteiger partial charge is 0.385 e. The summed E-state index contributed by atoms with van der Waals surface area (Å²) in [5.74, 6) is -0.127. The molecule has 0 aliphatic heterocycles. The van der Waals surface area contributed by atoms with E-state index in [0.717, 1.165) is 25.7 Å². The fourth-order valence-electron chi connectivity index (χ4n) is 1.25. The van der Waals surface area contributed by atoms with Crippen LogP contribution >= 0.6 is 0 Å². The minimum absolute atomic E-state index is 0.0464. The van der Waals surface area contributed by atoms with Crippen LogP contribution in [-0.4, -0.2) is 19.6 Å². The second-order valence-electron chi connectivity index (χ2n) is 3.02. The lowest BCUT2D eigenvalue weighted by atomic mass is 9.98. The van der Waals surface area contributed by atoms with Gasteiger partial charge >= 0.3 is 0 Å². The molecule has 0 aromatic rings. The standard InChI is InChI=1S/C9H19NO2/c1-3-5-8(9(10)11)6-4-7-12-2/h8H,3-7H2,1-2H3,(H2,10,11). The molecule has 1 unspecified atom stereocenters. The zero-order valence-corrected chi connectivity index (χ0v) is 8.01. The monoisotopic (exact) mass is 173 g/mol. The molecule has 0 saturated carbocycles. The molecule has 1 amide bonds. The number of carbonyl (C=O) groups is 1. The van der Waals surface area contributed by atoms with Gasteiger partial charge in [0.1, 0.15) is 0 Å². The van der Waals surface area contributed by atoms with E-state index in [0.29, 0.717) is 6.61 Å². The van der Waals surface area contributed by atoms with Crippen molar-refractivity contribution in [3.05, 3.63) is 0 Å². The summed E-state index contributed by atoms with van der Waals surface area (Å²) >= 11 is 0. The van der Waals surface area contributed by atoms with Crippen molar-refractivity contribution in [1.29, 1.82) is 0 Å². The third-order valence-corrected chi connectivity index (χ3v) is 1.94. The normalized spacial score (nSPS) is 12.8. The van der Waals surface area contributed by atoms with E-state index < -0.39 is 0 Å². The predicted octanol–water partition coefficient (Wildman–Crippen LogP) is 1.31. The zero-order valence-electron chi connectivity index (χ0n) is 8.01. The summed E-state index contributed by atoms with van der Waals surface area (Å²) in [7, 11) is 1.67. The molecular weight excluding hydrogens is 154 g/mol. The quantitative estimate of drug-likeness (QED) is 0.590. The Morgan fingerprint density at radius 1 is 1.50 bits per heavy atom. The van der Waals surface area contributed by atoms with Crippen molar-refractivity contribution in [3.63, 3.8) is 0 Å². The van der Waals surface area contributed by atoms with Crippen molar-refractivity contribution in [2.24, 2.45) is 11.7 Å². The first kappa shape index (κ1) is 11.4. The molecule has 12 heavy (non-hydrogen) atoms. The SMILES string of the molecule is CCCC(CCCOC)C(N)=O. The van der Waals surface area contributed by atoms with E-state index >= 15 is 0 Å². The molecule has 3 heteroatoms. The van der Waals surface area contributed by atoms with Crippen LogP contribution in [-0.2, 0) is 9.53 Å². The fraction of sp³-hybridized carbons (Fsp3) is 0.889. The molecular formula is C9H19NO2. The molecule has 0 bridgehead atoms. The molecule has 72 valence electrons. The molecule has 3 nitrogen and oxygen atoms in total. The smallest absolute Gasteiger partial charge is 0.220 e. The Labute approximate surface area is 74.3 Å². The van der Waals surface area contributed by atoms with E-state index in [9.17, 15) is 4.79 Å². The molecule has 1 atom stereocenters. The van der Waals surface area contributed by atoms with Crippen LogP contribution < -0.4 is 5.73 Å².